The number of ether oxygens (including phenoxy) is 1. The molecule has 11 heteroatoms. The van der Waals surface area contributed by atoms with Gasteiger partial charge in [0.15, 0.2) is 0 Å². The van der Waals surface area contributed by atoms with Gasteiger partial charge in [0, 0.05) is 37.3 Å². The minimum Gasteiger partial charge on any atom is -0.399 e. The molecule has 1 unspecified atom stereocenters. The van der Waals surface area contributed by atoms with E-state index in [0.717, 1.165) is 43.8 Å². The zero-order valence-electron chi connectivity index (χ0n) is 21.4. The van der Waals surface area contributed by atoms with Crippen LogP contribution in [0, 0.1) is 6.92 Å². The van der Waals surface area contributed by atoms with Crippen LogP contribution in [-0.2, 0) is 10.9 Å². The molecule has 202 valence electrons. The number of nitrogens with one attached hydrogen (secondary N) is 1. The normalized spacial score (nSPS) is 17.2. The number of aromatic nitrogens is 2. The lowest BCUT2D eigenvalue weighted by Gasteiger charge is -2.29. The third kappa shape index (κ3) is 5.33. The minimum absolute atomic E-state index is 0.0368. The van der Waals surface area contributed by atoms with Gasteiger partial charge in [-0.2, -0.15) is 13.2 Å². The Balaban J connectivity index is 1.56. The molecule has 2 fully saturated rings. The molecular weight excluding hydrogens is 497 g/mol. The number of benzene rings is 2. The number of alkyl halides is 3. The van der Waals surface area contributed by atoms with Crippen molar-refractivity contribution in [1.82, 2.24) is 14.9 Å². The van der Waals surface area contributed by atoms with Gasteiger partial charge in [-0.25, -0.2) is 9.97 Å². The van der Waals surface area contributed by atoms with Gasteiger partial charge >= 0.3 is 6.18 Å². The average Bonchev–Trinajstić information content (AvgIpc) is 3.42. The van der Waals surface area contributed by atoms with Crippen LogP contribution < -0.4 is 16.0 Å². The molecule has 0 aliphatic carbocycles. The molecule has 2 aliphatic rings. The highest BCUT2D eigenvalue weighted by molar-refractivity contribution is 6.05. The number of rotatable bonds is 5. The zero-order chi connectivity index (χ0) is 27.0. The number of nitrogen functional groups attached to an aromatic ring is 1. The van der Waals surface area contributed by atoms with Crippen molar-refractivity contribution < 1.29 is 22.7 Å². The molecule has 1 atom stereocenters. The van der Waals surface area contributed by atoms with Gasteiger partial charge < -0.3 is 25.6 Å². The molecule has 3 N–H and O–H groups in total. The predicted octanol–water partition coefficient (Wildman–Crippen LogP) is 4.78. The average molecular weight is 529 g/mol. The van der Waals surface area contributed by atoms with Crippen molar-refractivity contribution in [3.05, 3.63) is 52.8 Å². The molecule has 5 rings (SSSR count). The van der Waals surface area contributed by atoms with Crippen LogP contribution in [0.1, 0.15) is 53.1 Å². The summed E-state index contributed by atoms with van der Waals surface area (Å²) in [4.78, 5) is 26.8. The first kappa shape index (κ1) is 26.0. The molecule has 1 aromatic heterocycles. The number of amides is 1. The zero-order valence-corrected chi connectivity index (χ0v) is 21.4. The Kier molecular flexibility index (Phi) is 7.04. The molecule has 3 heterocycles. The fraction of sp³-hybridized carbons (Fsp3) is 0.444. The summed E-state index contributed by atoms with van der Waals surface area (Å²) in [5, 5.41) is 3.97. The summed E-state index contributed by atoms with van der Waals surface area (Å²) < 4.78 is 45.6. The van der Waals surface area contributed by atoms with Gasteiger partial charge in [-0.3, -0.25) is 4.79 Å². The van der Waals surface area contributed by atoms with E-state index in [2.05, 4.69) is 20.2 Å². The van der Waals surface area contributed by atoms with Gasteiger partial charge in [-0.1, -0.05) is 0 Å². The Morgan fingerprint density at radius 1 is 1.05 bits per heavy atom. The molecule has 8 nitrogen and oxygen atoms in total. The van der Waals surface area contributed by atoms with Crippen molar-refractivity contribution in [3.63, 3.8) is 0 Å². The summed E-state index contributed by atoms with van der Waals surface area (Å²) in [6.45, 7) is 7.25. The smallest absolute Gasteiger partial charge is 0.399 e. The van der Waals surface area contributed by atoms with E-state index >= 15 is 0 Å². The quantitative estimate of drug-likeness (QED) is 0.460. The highest BCUT2D eigenvalue weighted by Crippen LogP contribution is 2.36. The Hall–Kier alpha value is -3.60. The van der Waals surface area contributed by atoms with E-state index in [9.17, 15) is 18.0 Å². The van der Waals surface area contributed by atoms with Crippen molar-refractivity contribution in [2.75, 3.05) is 55.3 Å². The topological polar surface area (TPSA) is 96.6 Å². The van der Waals surface area contributed by atoms with Crippen molar-refractivity contribution in [1.29, 1.82) is 0 Å². The number of hydrogen-bond donors (Lipinski definition) is 2. The molecule has 1 amide bonds. The summed E-state index contributed by atoms with van der Waals surface area (Å²) in [5.41, 5.74) is 7.42. The third-order valence-electron chi connectivity index (χ3n) is 7.06. The van der Waals surface area contributed by atoms with Crippen LogP contribution in [-0.4, -0.2) is 60.2 Å². The number of carbonyl (C=O) groups is 1. The van der Waals surface area contributed by atoms with Crippen molar-refractivity contribution in [2.45, 2.75) is 38.9 Å². The first-order valence-electron chi connectivity index (χ1n) is 12.8. The highest BCUT2D eigenvalue weighted by atomic mass is 19.4. The summed E-state index contributed by atoms with van der Waals surface area (Å²) in [6.07, 6.45) is -2.43. The first-order valence-corrected chi connectivity index (χ1v) is 12.8. The second-order valence-corrected chi connectivity index (χ2v) is 9.86. The van der Waals surface area contributed by atoms with Gasteiger partial charge in [0.25, 0.3) is 5.91 Å². The van der Waals surface area contributed by atoms with Crippen LogP contribution in [0.5, 0.6) is 0 Å². The maximum Gasteiger partial charge on any atom is 0.416 e. The number of halogens is 3. The highest BCUT2D eigenvalue weighted by Gasteiger charge is 2.32. The molecule has 0 bridgehead atoms. The number of anilines is 3. The van der Waals surface area contributed by atoms with E-state index in [1.165, 1.54) is 6.07 Å². The number of aryl methyl sites for hydroxylation is 1. The lowest BCUT2D eigenvalue weighted by Crippen LogP contribution is -2.41. The standard InChI is InChI=1S/C27H31F3N6O2/c1-16(18-11-19(27(28,29)30)13-20(31)12-18)32-25-21-15-24(35-5-3-4-6-35)22(14-23(21)33-17(2)34-25)26(37)36-7-9-38-10-8-36/h11-16H,3-10,31H2,1-2H3,(H,32,33,34). The van der Waals surface area contributed by atoms with Crippen molar-refractivity contribution in [2.24, 2.45) is 0 Å². The lowest BCUT2D eigenvalue weighted by atomic mass is 10.0. The van der Waals surface area contributed by atoms with E-state index < -0.39 is 17.8 Å². The van der Waals surface area contributed by atoms with Crippen LogP contribution in [0.4, 0.5) is 30.4 Å². The Morgan fingerprint density at radius 3 is 2.45 bits per heavy atom. The molecule has 2 aliphatic heterocycles. The van der Waals surface area contributed by atoms with Crippen LogP contribution >= 0.6 is 0 Å². The molecule has 38 heavy (non-hydrogen) atoms. The fourth-order valence-corrected chi connectivity index (χ4v) is 5.10. The molecule has 2 saturated heterocycles. The number of nitrogens with two attached hydrogens (primary N) is 1. The molecule has 0 radical (unpaired) electrons. The van der Waals surface area contributed by atoms with Gasteiger partial charge in [0.2, 0.25) is 0 Å². The Bertz CT molecular complexity index is 1350. The van der Waals surface area contributed by atoms with Crippen LogP contribution in [0.2, 0.25) is 0 Å². The van der Waals surface area contributed by atoms with Gasteiger partial charge in [-0.05, 0) is 62.6 Å². The van der Waals surface area contributed by atoms with Gasteiger partial charge in [0.05, 0.1) is 41.6 Å². The van der Waals surface area contributed by atoms with E-state index in [-0.39, 0.29) is 11.6 Å². The molecule has 2 aromatic carbocycles. The predicted molar refractivity (Wildman–Crippen MR) is 140 cm³/mol. The summed E-state index contributed by atoms with van der Waals surface area (Å²) in [5.74, 6) is 0.909. The number of hydrogen-bond acceptors (Lipinski definition) is 7. The summed E-state index contributed by atoms with van der Waals surface area (Å²) >= 11 is 0. The Labute approximate surface area is 219 Å². The van der Waals surface area contributed by atoms with E-state index in [4.69, 9.17) is 10.5 Å². The number of nitrogens with zero attached hydrogens (tertiary/aromatic N) is 4. The minimum atomic E-state index is -4.50. The van der Waals surface area contributed by atoms with Crippen LogP contribution in [0.25, 0.3) is 10.9 Å². The van der Waals surface area contributed by atoms with E-state index in [1.807, 2.05) is 12.1 Å². The van der Waals surface area contributed by atoms with Crippen molar-refractivity contribution in [3.8, 4) is 0 Å². The third-order valence-corrected chi connectivity index (χ3v) is 7.06. The van der Waals surface area contributed by atoms with Crippen LogP contribution in [0.15, 0.2) is 30.3 Å². The van der Waals surface area contributed by atoms with Gasteiger partial charge in [0.1, 0.15) is 11.6 Å². The molecule has 0 saturated carbocycles. The monoisotopic (exact) mass is 528 g/mol. The van der Waals surface area contributed by atoms with E-state index in [1.54, 1.807) is 18.7 Å². The second kappa shape index (κ2) is 10.3. The number of carbonyl (C=O) groups excluding carboxylic acids is 1. The fourth-order valence-electron chi connectivity index (χ4n) is 5.10. The maximum atomic E-state index is 13.6. The number of morpholine rings is 1. The molecule has 3 aromatic rings. The lowest BCUT2D eigenvalue weighted by molar-refractivity contribution is -0.137. The SMILES string of the molecule is Cc1nc(NC(C)c2cc(N)cc(C(F)(F)F)c2)c2cc(N3CCCC3)c(C(=O)N3CCOCC3)cc2n1. The maximum absolute atomic E-state index is 13.6. The van der Waals surface area contributed by atoms with Gasteiger partial charge in [-0.15, -0.1) is 0 Å². The van der Waals surface area contributed by atoms with Crippen molar-refractivity contribution >= 4 is 34.0 Å². The molecular formula is C27H31F3N6O2. The van der Waals surface area contributed by atoms with E-state index in [0.29, 0.717) is 60.0 Å². The molecule has 0 spiro atoms. The Morgan fingerprint density at radius 2 is 1.76 bits per heavy atom. The summed E-state index contributed by atoms with van der Waals surface area (Å²) in [7, 11) is 0. The number of fused-ring (bicyclic) bond motifs is 1. The first-order chi connectivity index (χ1) is 18.1. The second-order valence-electron chi connectivity index (χ2n) is 9.86. The van der Waals surface area contributed by atoms with Crippen LogP contribution in [0.3, 0.4) is 0 Å². The largest absolute Gasteiger partial charge is 0.416 e. The summed E-state index contributed by atoms with van der Waals surface area (Å²) in [6, 6.07) is 6.77.